The minimum absolute atomic E-state index is 0.425. The molecule has 0 bridgehead atoms. The molecule has 2 rings (SSSR count). The molecule has 68 valence electrons. The Labute approximate surface area is 74.5 Å². The van der Waals surface area contributed by atoms with E-state index in [9.17, 15) is 0 Å². The van der Waals surface area contributed by atoms with E-state index in [0.29, 0.717) is 12.5 Å². The standard InChI is InChI=1S/C11H18O/c1-8-3-2-4-9-10(6-5-8)11(9)7-12/h3,9-12H,2,4-7H2,1H3. The molecule has 0 spiro atoms. The van der Waals surface area contributed by atoms with Crippen molar-refractivity contribution in [2.75, 3.05) is 6.61 Å². The van der Waals surface area contributed by atoms with Crippen molar-refractivity contribution in [3.8, 4) is 0 Å². The fraction of sp³-hybridized carbons (Fsp3) is 0.818. The summed E-state index contributed by atoms with van der Waals surface area (Å²) >= 11 is 0. The minimum atomic E-state index is 0.425. The van der Waals surface area contributed by atoms with E-state index < -0.39 is 0 Å². The van der Waals surface area contributed by atoms with E-state index in [1.807, 2.05) is 0 Å². The molecule has 0 radical (unpaired) electrons. The Morgan fingerprint density at radius 3 is 2.92 bits per heavy atom. The number of hydrogen-bond donors (Lipinski definition) is 1. The first kappa shape index (κ1) is 8.31. The van der Waals surface area contributed by atoms with Crippen LogP contribution >= 0.6 is 0 Å². The molecular formula is C11H18O. The van der Waals surface area contributed by atoms with Gasteiger partial charge in [0.15, 0.2) is 0 Å². The molecule has 0 aromatic heterocycles. The number of hydrogen-bond acceptors (Lipinski definition) is 1. The van der Waals surface area contributed by atoms with Crippen LogP contribution in [0.15, 0.2) is 11.6 Å². The number of fused-ring (bicyclic) bond motifs is 1. The van der Waals surface area contributed by atoms with Gasteiger partial charge in [-0.05, 0) is 50.4 Å². The Morgan fingerprint density at radius 1 is 1.42 bits per heavy atom. The highest BCUT2D eigenvalue weighted by Crippen LogP contribution is 2.52. The van der Waals surface area contributed by atoms with E-state index in [4.69, 9.17) is 5.11 Å². The topological polar surface area (TPSA) is 20.2 Å². The molecule has 12 heavy (non-hydrogen) atoms. The van der Waals surface area contributed by atoms with Crippen LogP contribution in [0, 0.1) is 17.8 Å². The van der Waals surface area contributed by atoms with Crippen molar-refractivity contribution in [2.45, 2.75) is 32.6 Å². The molecule has 1 saturated carbocycles. The third kappa shape index (κ3) is 1.42. The molecule has 0 heterocycles. The zero-order valence-electron chi connectivity index (χ0n) is 7.79. The lowest BCUT2D eigenvalue weighted by Crippen LogP contribution is -1.89. The molecule has 0 aromatic carbocycles. The smallest absolute Gasteiger partial charge is 0.0464 e. The van der Waals surface area contributed by atoms with E-state index >= 15 is 0 Å². The number of allylic oxidation sites excluding steroid dienone is 2. The summed E-state index contributed by atoms with van der Waals surface area (Å²) in [5.41, 5.74) is 1.55. The highest BCUT2D eigenvalue weighted by molar-refractivity contribution is 5.06. The van der Waals surface area contributed by atoms with Crippen LogP contribution in [0.3, 0.4) is 0 Å². The van der Waals surface area contributed by atoms with Crippen LogP contribution in [0.25, 0.3) is 0 Å². The first-order valence-corrected chi connectivity index (χ1v) is 5.09. The summed E-state index contributed by atoms with van der Waals surface area (Å²) in [7, 11) is 0. The van der Waals surface area contributed by atoms with Crippen LogP contribution in [0.5, 0.6) is 0 Å². The van der Waals surface area contributed by atoms with Gasteiger partial charge in [-0.1, -0.05) is 11.6 Å². The SMILES string of the molecule is CC1=CCCC2C(CO)C2CC1. The quantitative estimate of drug-likeness (QED) is 0.593. The molecule has 0 amide bonds. The van der Waals surface area contributed by atoms with Gasteiger partial charge in [-0.25, -0.2) is 0 Å². The van der Waals surface area contributed by atoms with Gasteiger partial charge in [0, 0.05) is 6.61 Å². The first-order valence-electron chi connectivity index (χ1n) is 5.09. The van der Waals surface area contributed by atoms with Gasteiger partial charge in [-0.3, -0.25) is 0 Å². The third-order valence-corrected chi connectivity index (χ3v) is 3.58. The average molecular weight is 166 g/mol. The minimum Gasteiger partial charge on any atom is -0.396 e. The van der Waals surface area contributed by atoms with Crippen molar-refractivity contribution in [1.82, 2.24) is 0 Å². The Hall–Kier alpha value is -0.300. The molecule has 2 aliphatic carbocycles. The summed E-state index contributed by atoms with van der Waals surface area (Å²) in [5, 5.41) is 9.07. The van der Waals surface area contributed by atoms with Crippen molar-refractivity contribution >= 4 is 0 Å². The Balaban J connectivity index is 1.93. The second-order valence-corrected chi connectivity index (χ2v) is 4.34. The van der Waals surface area contributed by atoms with Gasteiger partial charge in [0.25, 0.3) is 0 Å². The Kier molecular flexibility index (Phi) is 2.22. The molecule has 1 heteroatoms. The third-order valence-electron chi connectivity index (χ3n) is 3.58. The van der Waals surface area contributed by atoms with Crippen LogP contribution in [-0.2, 0) is 0 Å². The lowest BCUT2D eigenvalue weighted by atomic mass is 10.0. The van der Waals surface area contributed by atoms with Gasteiger partial charge in [0.2, 0.25) is 0 Å². The number of aliphatic hydroxyl groups excluding tert-OH is 1. The highest BCUT2D eigenvalue weighted by Gasteiger charge is 2.47. The highest BCUT2D eigenvalue weighted by atomic mass is 16.3. The van der Waals surface area contributed by atoms with Crippen molar-refractivity contribution < 1.29 is 5.11 Å². The van der Waals surface area contributed by atoms with E-state index in [-0.39, 0.29) is 0 Å². The molecule has 1 nitrogen and oxygen atoms in total. The predicted molar refractivity (Wildman–Crippen MR) is 49.8 cm³/mol. The summed E-state index contributed by atoms with van der Waals surface area (Å²) in [6, 6.07) is 0. The molecule has 3 unspecified atom stereocenters. The maximum absolute atomic E-state index is 9.07. The Morgan fingerprint density at radius 2 is 2.17 bits per heavy atom. The van der Waals surface area contributed by atoms with Crippen molar-refractivity contribution in [3.05, 3.63) is 11.6 Å². The lowest BCUT2D eigenvalue weighted by Gasteiger charge is -2.05. The number of rotatable bonds is 1. The van der Waals surface area contributed by atoms with Gasteiger partial charge < -0.3 is 5.11 Å². The van der Waals surface area contributed by atoms with Gasteiger partial charge in [-0.15, -0.1) is 0 Å². The second kappa shape index (κ2) is 3.21. The molecule has 0 aromatic rings. The second-order valence-electron chi connectivity index (χ2n) is 4.34. The first-order chi connectivity index (χ1) is 5.83. The van der Waals surface area contributed by atoms with E-state index in [1.165, 1.54) is 25.7 Å². The summed E-state index contributed by atoms with van der Waals surface area (Å²) in [6.07, 6.45) is 7.51. The monoisotopic (exact) mass is 166 g/mol. The summed E-state index contributed by atoms with van der Waals surface area (Å²) in [5.74, 6) is 2.38. The fourth-order valence-electron chi connectivity index (χ4n) is 2.67. The molecular weight excluding hydrogens is 148 g/mol. The van der Waals surface area contributed by atoms with Crippen LogP contribution in [0.1, 0.15) is 32.6 Å². The zero-order chi connectivity index (χ0) is 8.55. The van der Waals surface area contributed by atoms with Gasteiger partial charge >= 0.3 is 0 Å². The molecule has 1 fully saturated rings. The van der Waals surface area contributed by atoms with Gasteiger partial charge in [0.1, 0.15) is 0 Å². The van der Waals surface area contributed by atoms with Crippen molar-refractivity contribution in [1.29, 1.82) is 0 Å². The normalized spacial score (nSPS) is 40.8. The van der Waals surface area contributed by atoms with E-state index in [0.717, 1.165) is 11.8 Å². The molecule has 0 saturated heterocycles. The average Bonchev–Trinajstić information content (AvgIpc) is 2.70. The molecule has 1 N–H and O–H groups in total. The largest absolute Gasteiger partial charge is 0.396 e. The lowest BCUT2D eigenvalue weighted by molar-refractivity contribution is 0.262. The zero-order valence-corrected chi connectivity index (χ0v) is 7.79. The maximum atomic E-state index is 9.07. The van der Waals surface area contributed by atoms with Crippen molar-refractivity contribution in [3.63, 3.8) is 0 Å². The number of aliphatic hydroxyl groups is 1. The van der Waals surface area contributed by atoms with Crippen LogP contribution in [-0.4, -0.2) is 11.7 Å². The molecule has 3 atom stereocenters. The van der Waals surface area contributed by atoms with E-state index in [1.54, 1.807) is 5.57 Å². The summed E-state index contributed by atoms with van der Waals surface area (Å²) in [4.78, 5) is 0. The molecule has 0 aliphatic heterocycles. The van der Waals surface area contributed by atoms with Gasteiger partial charge in [0.05, 0.1) is 0 Å². The molecule has 2 aliphatic rings. The van der Waals surface area contributed by atoms with Gasteiger partial charge in [-0.2, -0.15) is 0 Å². The van der Waals surface area contributed by atoms with Crippen LogP contribution in [0.4, 0.5) is 0 Å². The van der Waals surface area contributed by atoms with Crippen LogP contribution < -0.4 is 0 Å². The Bertz CT molecular complexity index is 195. The predicted octanol–water partition coefficient (Wildman–Crippen LogP) is 2.36. The summed E-state index contributed by atoms with van der Waals surface area (Å²) < 4.78 is 0. The van der Waals surface area contributed by atoms with Crippen LogP contribution in [0.2, 0.25) is 0 Å². The fourth-order valence-corrected chi connectivity index (χ4v) is 2.67. The van der Waals surface area contributed by atoms with Crippen molar-refractivity contribution in [2.24, 2.45) is 17.8 Å². The summed E-state index contributed by atoms with van der Waals surface area (Å²) in [6.45, 7) is 2.66. The maximum Gasteiger partial charge on any atom is 0.0464 e. The van der Waals surface area contributed by atoms with E-state index in [2.05, 4.69) is 13.0 Å².